The Kier molecular flexibility index (Phi) is 4.63. The zero-order valence-corrected chi connectivity index (χ0v) is 13.0. The van der Waals surface area contributed by atoms with Crippen LogP contribution in [0.4, 0.5) is 5.69 Å². The summed E-state index contributed by atoms with van der Waals surface area (Å²) >= 11 is 9.35. The molecule has 0 saturated carbocycles. The summed E-state index contributed by atoms with van der Waals surface area (Å²) in [5.41, 5.74) is 1.11. The lowest BCUT2D eigenvalue weighted by atomic mass is 10.1. The van der Waals surface area contributed by atoms with Crippen LogP contribution < -0.4 is 4.90 Å². The second-order valence-corrected chi connectivity index (χ2v) is 6.05. The van der Waals surface area contributed by atoms with Gasteiger partial charge >= 0.3 is 0 Å². The summed E-state index contributed by atoms with van der Waals surface area (Å²) in [5, 5.41) is 1.49. The predicted molar refractivity (Wildman–Crippen MR) is 80.3 cm³/mol. The number of hydrogen-bond donors (Lipinski definition) is 0. The van der Waals surface area contributed by atoms with E-state index in [2.05, 4.69) is 22.9 Å². The maximum Gasteiger partial charge on any atom is 0.299 e. The van der Waals surface area contributed by atoms with E-state index in [1.165, 1.54) is 0 Å². The van der Waals surface area contributed by atoms with Gasteiger partial charge in [0.2, 0.25) is 0 Å². The molecule has 102 valence electrons. The molecule has 1 heterocycles. The van der Waals surface area contributed by atoms with Gasteiger partial charge in [0.1, 0.15) is 0 Å². The van der Waals surface area contributed by atoms with Crippen LogP contribution in [0.15, 0.2) is 18.2 Å². The molecule has 0 fully saturated rings. The van der Waals surface area contributed by atoms with E-state index in [1.807, 2.05) is 0 Å². The number of alkyl halides is 1. The van der Waals surface area contributed by atoms with Crippen LogP contribution in [-0.4, -0.2) is 23.6 Å². The zero-order chi connectivity index (χ0) is 14.0. The van der Waals surface area contributed by atoms with Crippen LogP contribution in [0.25, 0.3) is 0 Å². The molecule has 3 nitrogen and oxygen atoms in total. The summed E-state index contributed by atoms with van der Waals surface area (Å²) in [5.74, 6) is -0.367. The zero-order valence-electron chi connectivity index (χ0n) is 10.7. The van der Waals surface area contributed by atoms with E-state index in [1.54, 1.807) is 23.1 Å². The second-order valence-electron chi connectivity index (χ2n) is 4.82. The number of Topliss-reactive ketones (excluding diaryl/α,β-unsaturated/α-hetero) is 1. The van der Waals surface area contributed by atoms with Gasteiger partial charge in [0.15, 0.2) is 0 Å². The first-order valence-corrected chi connectivity index (χ1v) is 7.76. The Balaban J connectivity index is 2.16. The van der Waals surface area contributed by atoms with Gasteiger partial charge in [-0.3, -0.25) is 9.59 Å². The van der Waals surface area contributed by atoms with Crippen molar-refractivity contribution in [1.29, 1.82) is 0 Å². The van der Waals surface area contributed by atoms with Crippen molar-refractivity contribution in [3.63, 3.8) is 0 Å². The topological polar surface area (TPSA) is 37.4 Å². The van der Waals surface area contributed by atoms with Crippen molar-refractivity contribution in [2.45, 2.75) is 19.8 Å². The average Bonchev–Trinajstić information content (AvgIpc) is 2.60. The lowest BCUT2D eigenvalue weighted by molar-refractivity contribution is -0.114. The Hall–Kier alpha value is -0.870. The SMILES string of the molecule is CC(CCBr)CCN1C(=O)C(=O)c2ccc(Cl)cc21. The molecule has 1 aromatic carbocycles. The standard InChI is InChI=1S/C14H15BrClNO2/c1-9(4-6-15)5-7-17-12-8-10(16)2-3-11(12)13(18)14(17)19/h2-3,8-9H,4-7H2,1H3. The molecule has 0 aliphatic carbocycles. The number of anilines is 1. The highest BCUT2D eigenvalue weighted by molar-refractivity contribution is 9.09. The van der Waals surface area contributed by atoms with Gasteiger partial charge < -0.3 is 4.90 Å². The third kappa shape index (κ3) is 3.00. The third-order valence-corrected chi connectivity index (χ3v) is 4.07. The van der Waals surface area contributed by atoms with E-state index < -0.39 is 11.7 Å². The molecule has 1 amide bonds. The number of fused-ring (bicyclic) bond motifs is 1. The minimum atomic E-state index is -0.441. The van der Waals surface area contributed by atoms with E-state index in [0.29, 0.717) is 28.7 Å². The van der Waals surface area contributed by atoms with Crippen LogP contribution in [-0.2, 0) is 4.79 Å². The number of rotatable bonds is 5. The Labute approximate surface area is 126 Å². The number of nitrogens with zero attached hydrogens (tertiary/aromatic N) is 1. The highest BCUT2D eigenvalue weighted by Gasteiger charge is 2.35. The molecule has 5 heteroatoms. The van der Waals surface area contributed by atoms with E-state index in [0.717, 1.165) is 18.2 Å². The van der Waals surface area contributed by atoms with E-state index >= 15 is 0 Å². The first-order valence-electron chi connectivity index (χ1n) is 6.26. The Morgan fingerprint density at radius 1 is 1.32 bits per heavy atom. The fourth-order valence-corrected chi connectivity index (χ4v) is 3.12. The van der Waals surface area contributed by atoms with Gasteiger partial charge in [0.05, 0.1) is 11.3 Å². The molecule has 1 atom stereocenters. The largest absolute Gasteiger partial charge is 0.305 e. The first-order chi connectivity index (χ1) is 9.04. The van der Waals surface area contributed by atoms with Crippen molar-refractivity contribution >= 4 is 44.9 Å². The molecular formula is C14H15BrClNO2. The molecule has 0 bridgehead atoms. The van der Waals surface area contributed by atoms with Crippen molar-refractivity contribution in [3.05, 3.63) is 28.8 Å². The Morgan fingerprint density at radius 2 is 2.05 bits per heavy atom. The quantitative estimate of drug-likeness (QED) is 0.603. The molecule has 0 radical (unpaired) electrons. The van der Waals surface area contributed by atoms with Crippen LogP contribution in [0.1, 0.15) is 30.1 Å². The fourth-order valence-electron chi connectivity index (χ4n) is 2.17. The summed E-state index contributed by atoms with van der Waals surface area (Å²) in [6.45, 7) is 2.70. The molecule has 2 rings (SSSR count). The third-order valence-electron chi connectivity index (χ3n) is 3.38. The van der Waals surface area contributed by atoms with E-state index in [-0.39, 0.29) is 0 Å². The number of carbonyl (C=O) groups excluding carboxylic acids is 2. The molecular weight excluding hydrogens is 330 g/mol. The number of hydrogen-bond acceptors (Lipinski definition) is 2. The van der Waals surface area contributed by atoms with Gasteiger partial charge in [-0.15, -0.1) is 0 Å². The normalized spacial score (nSPS) is 15.8. The molecule has 0 aromatic heterocycles. The summed E-state index contributed by atoms with van der Waals surface area (Å²) in [4.78, 5) is 25.4. The van der Waals surface area contributed by atoms with Crippen LogP contribution in [0.5, 0.6) is 0 Å². The van der Waals surface area contributed by atoms with Gasteiger partial charge in [0.25, 0.3) is 11.7 Å². The molecule has 1 aromatic rings. The van der Waals surface area contributed by atoms with Crippen molar-refractivity contribution in [3.8, 4) is 0 Å². The number of benzene rings is 1. The Morgan fingerprint density at radius 3 is 2.74 bits per heavy atom. The van der Waals surface area contributed by atoms with Crippen molar-refractivity contribution < 1.29 is 9.59 Å². The number of carbonyl (C=O) groups is 2. The van der Waals surface area contributed by atoms with Crippen molar-refractivity contribution in [1.82, 2.24) is 0 Å². The summed E-state index contributed by atoms with van der Waals surface area (Å²) < 4.78 is 0. The molecule has 0 N–H and O–H groups in total. The van der Waals surface area contributed by atoms with Gasteiger partial charge in [-0.2, -0.15) is 0 Å². The molecule has 0 spiro atoms. The fraction of sp³-hybridized carbons (Fsp3) is 0.429. The average molecular weight is 345 g/mol. The second kappa shape index (κ2) is 6.06. The van der Waals surface area contributed by atoms with E-state index in [4.69, 9.17) is 11.6 Å². The highest BCUT2D eigenvalue weighted by atomic mass is 79.9. The maximum absolute atomic E-state index is 12.0. The lowest BCUT2D eigenvalue weighted by Gasteiger charge is -2.19. The number of halogens is 2. The van der Waals surface area contributed by atoms with Gasteiger partial charge in [-0.1, -0.05) is 34.5 Å². The molecule has 1 aliphatic heterocycles. The lowest BCUT2D eigenvalue weighted by Crippen LogP contribution is -2.31. The van der Waals surface area contributed by atoms with Crippen LogP contribution in [0, 0.1) is 5.92 Å². The molecule has 0 saturated heterocycles. The minimum absolute atomic E-state index is 0.431. The minimum Gasteiger partial charge on any atom is -0.305 e. The number of ketones is 1. The molecule has 1 aliphatic rings. The highest BCUT2D eigenvalue weighted by Crippen LogP contribution is 2.32. The van der Waals surface area contributed by atoms with Crippen molar-refractivity contribution in [2.75, 3.05) is 16.8 Å². The van der Waals surface area contributed by atoms with E-state index in [9.17, 15) is 9.59 Å². The van der Waals surface area contributed by atoms with Gasteiger partial charge in [0, 0.05) is 16.9 Å². The number of amides is 1. The van der Waals surface area contributed by atoms with Gasteiger partial charge in [-0.25, -0.2) is 0 Å². The monoisotopic (exact) mass is 343 g/mol. The smallest absolute Gasteiger partial charge is 0.299 e. The Bertz CT molecular complexity index is 518. The van der Waals surface area contributed by atoms with Crippen LogP contribution >= 0.6 is 27.5 Å². The van der Waals surface area contributed by atoms with Crippen LogP contribution in [0.2, 0.25) is 5.02 Å². The summed E-state index contributed by atoms with van der Waals surface area (Å²) in [6.07, 6.45) is 1.93. The molecule has 1 unspecified atom stereocenters. The maximum atomic E-state index is 12.0. The molecule has 19 heavy (non-hydrogen) atoms. The summed E-state index contributed by atoms with van der Waals surface area (Å²) in [7, 11) is 0. The van der Waals surface area contributed by atoms with Crippen molar-refractivity contribution in [2.24, 2.45) is 5.92 Å². The first kappa shape index (κ1) is 14.5. The summed E-state index contributed by atoms with van der Waals surface area (Å²) in [6, 6.07) is 4.96. The van der Waals surface area contributed by atoms with Crippen LogP contribution in [0.3, 0.4) is 0 Å². The van der Waals surface area contributed by atoms with Gasteiger partial charge in [-0.05, 0) is 37.0 Å². The predicted octanol–water partition coefficient (Wildman–Crippen LogP) is 3.68.